The van der Waals surface area contributed by atoms with Crippen LogP contribution >= 0.6 is 11.6 Å². The summed E-state index contributed by atoms with van der Waals surface area (Å²) in [5.41, 5.74) is 1.29. The molecule has 1 saturated heterocycles. The monoisotopic (exact) mass is 563 g/mol. The SMILES string of the molecule is Nc1nc(Cl)nc2c1ncn2[C@@H]1O[C@@H]2C(OC(Cc3ccc(/C=C/C(=O)O)cc3)(C(=O)O)C(=O)O)[C@]2(O)[C@@H]1F. The average molecular weight is 564 g/mol. The Hall–Kier alpha value is -4.18. The van der Waals surface area contributed by atoms with Gasteiger partial charge in [-0.2, -0.15) is 9.97 Å². The molecule has 0 radical (unpaired) electrons. The number of nitrogens with zero attached hydrogens (tertiary/aromatic N) is 4. The summed E-state index contributed by atoms with van der Waals surface area (Å²) >= 11 is 5.83. The Kier molecular flexibility index (Phi) is 6.26. The molecule has 2 aromatic heterocycles. The molecule has 1 aromatic carbocycles. The number of nitrogen functional groups attached to an aromatic ring is 1. The number of carboxylic acid groups (broad SMARTS) is 3. The molecule has 3 aromatic rings. The summed E-state index contributed by atoms with van der Waals surface area (Å²) in [6.45, 7) is 0. The second kappa shape index (κ2) is 9.23. The normalized spacial score (nSPS) is 26.1. The Morgan fingerprint density at radius 1 is 1.21 bits per heavy atom. The van der Waals surface area contributed by atoms with Crippen molar-refractivity contribution >= 4 is 52.6 Å². The minimum absolute atomic E-state index is 0.0228. The fourth-order valence-corrected chi connectivity index (χ4v) is 4.71. The standard InChI is InChI=1S/C23H19ClFN5O9/c24-21-28-16(26)12-17(29-21)30(8-27-12)18-13(25)23(37)14(38-18)15(23)39-22(19(33)34,20(35)36)7-10-3-1-9(2-4-10)5-6-11(31)32/h1-6,8,13-15,18,37H,7H2,(H,31,32)(H,33,34)(H,35,36)(H2,26,28,29)/b6-5+/t13-,14-,15?,18-,23+/m1/s1. The van der Waals surface area contributed by atoms with E-state index in [0.29, 0.717) is 5.56 Å². The molecular formula is C23H19ClFN5O9. The van der Waals surface area contributed by atoms with Gasteiger partial charge in [-0.3, -0.25) is 4.57 Å². The summed E-state index contributed by atoms with van der Waals surface area (Å²) in [5, 5.41) is 39.2. The number of aliphatic carboxylic acids is 3. The highest BCUT2D eigenvalue weighted by atomic mass is 35.5. The van der Waals surface area contributed by atoms with Crippen LogP contribution in [0.15, 0.2) is 36.7 Å². The smallest absolute Gasteiger partial charge is 0.348 e. The van der Waals surface area contributed by atoms with Gasteiger partial charge in [-0.25, -0.2) is 23.8 Å². The lowest BCUT2D eigenvalue weighted by Gasteiger charge is -2.28. The topological polar surface area (TPSA) is 220 Å². The molecule has 14 nitrogen and oxygen atoms in total. The van der Waals surface area contributed by atoms with Crippen molar-refractivity contribution in [3.05, 3.63) is 53.1 Å². The Bertz CT molecular complexity index is 1520. The lowest BCUT2D eigenvalue weighted by atomic mass is 9.93. The van der Waals surface area contributed by atoms with Crippen LogP contribution in [0, 0.1) is 0 Å². The maximum Gasteiger partial charge on any atom is 0.348 e. The summed E-state index contributed by atoms with van der Waals surface area (Å²) in [7, 11) is 0. The van der Waals surface area contributed by atoms with Gasteiger partial charge in [0.15, 0.2) is 29.5 Å². The van der Waals surface area contributed by atoms with Crippen molar-refractivity contribution in [3.8, 4) is 0 Å². The number of ether oxygens (including phenoxy) is 2. The van der Waals surface area contributed by atoms with E-state index < -0.39 is 60.1 Å². The largest absolute Gasteiger partial charge is 0.479 e. The number of fused-ring (bicyclic) bond motifs is 2. The van der Waals surface area contributed by atoms with Crippen LogP contribution in [-0.2, 0) is 30.3 Å². The molecule has 2 aliphatic rings. The molecule has 6 N–H and O–H groups in total. The van der Waals surface area contributed by atoms with Crippen molar-refractivity contribution in [2.24, 2.45) is 0 Å². The lowest BCUT2D eigenvalue weighted by Crippen LogP contribution is -2.53. The third-order valence-corrected chi connectivity index (χ3v) is 6.79. The summed E-state index contributed by atoms with van der Waals surface area (Å²) in [6, 6.07) is 5.68. The predicted octanol–water partition coefficient (Wildman–Crippen LogP) is 0.676. The molecule has 204 valence electrons. The number of benzene rings is 1. The number of nitrogens with two attached hydrogens (primary N) is 1. The van der Waals surface area contributed by atoms with Crippen LogP contribution in [0.25, 0.3) is 17.2 Å². The molecule has 5 atom stereocenters. The number of carbonyl (C=O) groups is 3. The van der Waals surface area contributed by atoms with Crippen molar-refractivity contribution in [1.82, 2.24) is 19.5 Å². The molecule has 1 saturated carbocycles. The van der Waals surface area contributed by atoms with Crippen LogP contribution in [-0.4, -0.2) is 87.4 Å². The van der Waals surface area contributed by atoms with E-state index >= 15 is 4.39 Å². The van der Waals surface area contributed by atoms with Crippen LogP contribution in [0.4, 0.5) is 10.2 Å². The summed E-state index contributed by atoms with van der Waals surface area (Å²) in [6.07, 6.45) is -4.09. The molecule has 1 aliphatic heterocycles. The third kappa shape index (κ3) is 4.24. The molecule has 1 aliphatic carbocycles. The molecule has 0 bridgehead atoms. The fraction of sp³-hybridized carbons (Fsp3) is 0.304. The summed E-state index contributed by atoms with van der Waals surface area (Å²) < 4.78 is 27.7. The number of aliphatic hydroxyl groups is 1. The van der Waals surface area contributed by atoms with Crippen molar-refractivity contribution in [1.29, 1.82) is 0 Å². The highest BCUT2D eigenvalue weighted by Crippen LogP contribution is 2.58. The van der Waals surface area contributed by atoms with Gasteiger partial charge in [0.1, 0.15) is 17.7 Å². The van der Waals surface area contributed by atoms with Gasteiger partial charge < -0.3 is 35.6 Å². The van der Waals surface area contributed by atoms with E-state index in [4.69, 9.17) is 31.9 Å². The molecule has 1 unspecified atom stereocenters. The maximum atomic E-state index is 15.6. The number of alkyl halides is 1. The number of anilines is 1. The molecule has 39 heavy (non-hydrogen) atoms. The molecule has 3 heterocycles. The van der Waals surface area contributed by atoms with Gasteiger partial charge >= 0.3 is 17.9 Å². The number of rotatable bonds is 9. The van der Waals surface area contributed by atoms with Crippen molar-refractivity contribution in [2.75, 3.05) is 5.73 Å². The minimum atomic E-state index is -2.90. The molecule has 2 fully saturated rings. The number of imidazole rings is 1. The molecule has 5 rings (SSSR count). The quantitative estimate of drug-likeness (QED) is 0.137. The molecule has 0 spiro atoms. The summed E-state index contributed by atoms with van der Waals surface area (Å²) in [5.74, 6) is -5.00. The number of hydrogen-bond donors (Lipinski definition) is 5. The second-order valence-electron chi connectivity index (χ2n) is 9.00. The van der Waals surface area contributed by atoms with Crippen molar-refractivity contribution < 1.29 is 48.7 Å². The van der Waals surface area contributed by atoms with Crippen molar-refractivity contribution in [3.63, 3.8) is 0 Å². The van der Waals surface area contributed by atoms with Gasteiger partial charge in [-0.05, 0) is 28.8 Å². The second-order valence-corrected chi connectivity index (χ2v) is 9.34. The zero-order chi connectivity index (χ0) is 28.3. The van der Waals surface area contributed by atoms with E-state index in [-0.39, 0.29) is 27.8 Å². The van der Waals surface area contributed by atoms with Gasteiger partial charge in [-0.1, -0.05) is 24.3 Å². The first-order valence-corrected chi connectivity index (χ1v) is 11.6. The van der Waals surface area contributed by atoms with Crippen LogP contribution in [0.2, 0.25) is 5.28 Å². The zero-order valence-corrected chi connectivity index (χ0v) is 20.3. The summed E-state index contributed by atoms with van der Waals surface area (Å²) in [4.78, 5) is 46.8. The van der Waals surface area contributed by atoms with Gasteiger partial charge in [0.05, 0.1) is 6.33 Å². The number of hydrogen-bond acceptors (Lipinski definition) is 10. The molecule has 0 amide bonds. The van der Waals surface area contributed by atoms with E-state index in [2.05, 4.69) is 15.0 Å². The minimum Gasteiger partial charge on any atom is -0.479 e. The van der Waals surface area contributed by atoms with Crippen LogP contribution in [0.1, 0.15) is 17.4 Å². The zero-order valence-electron chi connectivity index (χ0n) is 19.5. The highest BCUT2D eigenvalue weighted by Gasteiger charge is 2.80. The van der Waals surface area contributed by atoms with E-state index in [9.17, 15) is 29.7 Å². The Balaban J connectivity index is 1.38. The Labute approximate surface area is 222 Å². The predicted molar refractivity (Wildman–Crippen MR) is 128 cm³/mol. The van der Waals surface area contributed by atoms with E-state index in [1.807, 2.05) is 0 Å². The van der Waals surface area contributed by atoms with E-state index in [1.165, 1.54) is 30.3 Å². The van der Waals surface area contributed by atoms with Crippen LogP contribution in [0.5, 0.6) is 0 Å². The fourth-order valence-electron chi connectivity index (χ4n) is 4.54. The third-order valence-electron chi connectivity index (χ3n) is 6.62. The Morgan fingerprint density at radius 3 is 2.44 bits per heavy atom. The van der Waals surface area contributed by atoms with E-state index in [0.717, 1.165) is 17.0 Å². The highest BCUT2D eigenvalue weighted by molar-refractivity contribution is 6.28. The van der Waals surface area contributed by atoms with Crippen LogP contribution < -0.4 is 5.73 Å². The average Bonchev–Trinajstić information content (AvgIpc) is 3.12. The molecule has 16 heteroatoms. The Morgan fingerprint density at radius 2 is 1.87 bits per heavy atom. The van der Waals surface area contributed by atoms with Crippen molar-refractivity contribution in [2.45, 2.75) is 42.2 Å². The van der Waals surface area contributed by atoms with Crippen LogP contribution in [0.3, 0.4) is 0 Å². The van der Waals surface area contributed by atoms with Gasteiger partial charge in [0.2, 0.25) is 5.28 Å². The maximum absolute atomic E-state index is 15.6. The van der Waals surface area contributed by atoms with Gasteiger partial charge in [0, 0.05) is 12.5 Å². The first-order chi connectivity index (χ1) is 18.4. The van der Waals surface area contributed by atoms with Gasteiger partial charge in [0.25, 0.3) is 5.60 Å². The first-order valence-electron chi connectivity index (χ1n) is 11.2. The number of halogens is 2. The van der Waals surface area contributed by atoms with Gasteiger partial charge in [-0.15, -0.1) is 0 Å². The first kappa shape index (κ1) is 26.4. The van der Waals surface area contributed by atoms with E-state index in [1.54, 1.807) is 0 Å². The number of carboxylic acids is 3. The lowest BCUT2D eigenvalue weighted by molar-refractivity contribution is -0.194. The number of aromatic nitrogens is 4. The molecular weight excluding hydrogens is 545 g/mol.